The van der Waals surface area contributed by atoms with Crippen LogP contribution in [0.1, 0.15) is 16.1 Å². The van der Waals surface area contributed by atoms with Crippen molar-refractivity contribution >= 4 is 11.6 Å². The molecule has 1 amide bonds. The molecule has 0 bridgehead atoms. The van der Waals surface area contributed by atoms with Crippen molar-refractivity contribution in [2.75, 3.05) is 31.2 Å². The molecule has 0 saturated carbocycles. The number of carbonyl (C=O) groups is 1. The van der Waals surface area contributed by atoms with E-state index in [1.807, 2.05) is 24.3 Å². The number of ether oxygens (including phenoxy) is 1. The molecule has 0 aliphatic carbocycles. The Balaban J connectivity index is 1.68. The van der Waals surface area contributed by atoms with Crippen LogP contribution in [-0.4, -0.2) is 46.9 Å². The predicted octanol–water partition coefficient (Wildman–Crippen LogP) is 2.06. The summed E-state index contributed by atoms with van der Waals surface area (Å²) in [6, 6.07) is 13.1. The van der Waals surface area contributed by atoms with Crippen LogP contribution in [0.25, 0.3) is 11.4 Å². The van der Waals surface area contributed by atoms with Gasteiger partial charge in [-0.1, -0.05) is 24.3 Å². The zero-order valence-electron chi connectivity index (χ0n) is 17.5. The molecule has 0 unspecified atom stereocenters. The third-order valence-corrected chi connectivity index (χ3v) is 5.35. The van der Waals surface area contributed by atoms with Gasteiger partial charge in [0.1, 0.15) is 11.6 Å². The summed E-state index contributed by atoms with van der Waals surface area (Å²) < 4.78 is 19.7. The quantitative estimate of drug-likeness (QED) is 0.633. The van der Waals surface area contributed by atoms with E-state index in [9.17, 15) is 19.1 Å². The van der Waals surface area contributed by atoms with E-state index < -0.39 is 17.2 Å². The van der Waals surface area contributed by atoms with E-state index in [0.29, 0.717) is 37.4 Å². The molecule has 1 aromatic heterocycles. The molecule has 166 valence electrons. The average Bonchev–Trinajstić information content (AvgIpc) is 2.83. The first-order chi connectivity index (χ1) is 15.5. The first-order valence-electron chi connectivity index (χ1n) is 10.2. The molecule has 2 heterocycles. The summed E-state index contributed by atoms with van der Waals surface area (Å²) in [7, 11) is 1.50. The van der Waals surface area contributed by atoms with Crippen molar-refractivity contribution in [3.63, 3.8) is 0 Å². The summed E-state index contributed by atoms with van der Waals surface area (Å²) >= 11 is 0. The van der Waals surface area contributed by atoms with E-state index in [2.05, 4.69) is 15.2 Å². The molecule has 1 saturated heterocycles. The van der Waals surface area contributed by atoms with Gasteiger partial charge >= 0.3 is 0 Å². The number of morpholine rings is 1. The van der Waals surface area contributed by atoms with E-state index in [-0.39, 0.29) is 23.9 Å². The van der Waals surface area contributed by atoms with E-state index in [4.69, 9.17) is 4.74 Å². The fourth-order valence-corrected chi connectivity index (χ4v) is 3.60. The first kappa shape index (κ1) is 21.5. The van der Waals surface area contributed by atoms with Gasteiger partial charge in [-0.3, -0.25) is 14.2 Å². The van der Waals surface area contributed by atoms with E-state index in [0.717, 1.165) is 5.69 Å². The summed E-state index contributed by atoms with van der Waals surface area (Å²) in [6.45, 7) is 2.65. The minimum absolute atomic E-state index is 0.0924. The van der Waals surface area contributed by atoms with Gasteiger partial charge in [-0.2, -0.15) is 0 Å². The third kappa shape index (κ3) is 4.33. The number of anilines is 1. The molecule has 2 N–H and O–H groups in total. The molecule has 1 aliphatic heterocycles. The molecule has 0 radical (unpaired) electrons. The van der Waals surface area contributed by atoms with Crippen LogP contribution in [0.4, 0.5) is 10.1 Å². The van der Waals surface area contributed by atoms with Crippen LogP contribution in [0.3, 0.4) is 0 Å². The predicted molar refractivity (Wildman–Crippen MR) is 117 cm³/mol. The highest BCUT2D eigenvalue weighted by Crippen LogP contribution is 2.30. The lowest BCUT2D eigenvalue weighted by molar-refractivity contribution is 0.0942. The van der Waals surface area contributed by atoms with Crippen molar-refractivity contribution in [1.29, 1.82) is 0 Å². The second-order valence-corrected chi connectivity index (χ2v) is 7.42. The van der Waals surface area contributed by atoms with Crippen LogP contribution in [0, 0.1) is 5.82 Å². The standard InChI is InChI=1S/C23H23FN4O4/c1-27-21(17-4-2-3-5-18(17)28-10-12-32-13-11-28)26-19(20(29)23(27)31)22(30)25-14-15-6-8-16(24)9-7-15/h2-9,29H,10-14H2,1H3,(H,25,30). The Morgan fingerprint density at radius 1 is 1.16 bits per heavy atom. The molecule has 0 spiro atoms. The second kappa shape index (κ2) is 9.19. The van der Waals surface area contributed by atoms with Crippen molar-refractivity contribution in [2.24, 2.45) is 7.05 Å². The van der Waals surface area contributed by atoms with Crippen molar-refractivity contribution < 1.29 is 19.0 Å². The first-order valence-corrected chi connectivity index (χ1v) is 10.2. The molecule has 4 rings (SSSR count). The molecule has 1 aliphatic rings. The molecule has 8 nitrogen and oxygen atoms in total. The van der Waals surface area contributed by atoms with E-state index >= 15 is 0 Å². The highest BCUT2D eigenvalue weighted by Gasteiger charge is 2.23. The molecule has 2 aromatic carbocycles. The van der Waals surface area contributed by atoms with Crippen LogP contribution in [0.2, 0.25) is 0 Å². The minimum Gasteiger partial charge on any atom is -0.501 e. The topological polar surface area (TPSA) is 96.7 Å². The molecule has 1 fully saturated rings. The molecule has 32 heavy (non-hydrogen) atoms. The lowest BCUT2D eigenvalue weighted by Gasteiger charge is -2.30. The van der Waals surface area contributed by atoms with Gasteiger partial charge in [-0.15, -0.1) is 0 Å². The average molecular weight is 438 g/mol. The Morgan fingerprint density at radius 2 is 1.84 bits per heavy atom. The molecular formula is C23H23FN4O4. The SMILES string of the molecule is Cn1c(-c2ccccc2N2CCOCC2)nc(C(=O)NCc2ccc(F)cc2)c(O)c1=O. The Morgan fingerprint density at radius 3 is 2.56 bits per heavy atom. The Bertz CT molecular complexity index is 1190. The van der Waals surface area contributed by atoms with Gasteiger partial charge in [0.2, 0.25) is 5.75 Å². The van der Waals surface area contributed by atoms with Gasteiger partial charge in [0.25, 0.3) is 11.5 Å². The van der Waals surface area contributed by atoms with Gasteiger partial charge in [-0.25, -0.2) is 9.37 Å². The number of aromatic nitrogens is 2. The zero-order chi connectivity index (χ0) is 22.7. The number of nitrogens with one attached hydrogen (secondary N) is 1. The lowest BCUT2D eigenvalue weighted by Crippen LogP contribution is -2.36. The fourth-order valence-electron chi connectivity index (χ4n) is 3.60. The summed E-state index contributed by atoms with van der Waals surface area (Å²) in [5, 5.41) is 13.0. The number of para-hydroxylation sites is 1. The normalized spacial score (nSPS) is 13.8. The van der Waals surface area contributed by atoms with Crippen LogP contribution in [-0.2, 0) is 18.3 Å². The monoisotopic (exact) mass is 438 g/mol. The number of hydrogen-bond donors (Lipinski definition) is 2. The second-order valence-electron chi connectivity index (χ2n) is 7.42. The van der Waals surface area contributed by atoms with Crippen molar-refractivity contribution in [2.45, 2.75) is 6.54 Å². The van der Waals surface area contributed by atoms with Gasteiger partial charge in [-0.05, 0) is 29.8 Å². The van der Waals surface area contributed by atoms with Crippen LogP contribution >= 0.6 is 0 Å². The largest absolute Gasteiger partial charge is 0.501 e. The maximum absolute atomic E-state index is 13.1. The fraction of sp³-hybridized carbons (Fsp3) is 0.261. The van der Waals surface area contributed by atoms with Gasteiger partial charge in [0.05, 0.1) is 13.2 Å². The smallest absolute Gasteiger partial charge is 0.296 e. The number of rotatable bonds is 5. The Labute approximate surface area is 183 Å². The number of halogens is 1. The number of amides is 1. The zero-order valence-corrected chi connectivity index (χ0v) is 17.5. The van der Waals surface area contributed by atoms with E-state index in [1.54, 1.807) is 0 Å². The van der Waals surface area contributed by atoms with Gasteiger partial charge in [0.15, 0.2) is 5.69 Å². The summed E-state index contributed by atoms with van der Waals surface area (Å²) in [6.07, 6.45) is 0. The third-order valence-electron chi connectivity index (χ3n) is 5.35. The molecule has 9 heteroatoms. The number of carbonyl (C=O) groups excluding carboxylic acids is 1. The molecular weight excluding hydrogens is 415 g/mol. The maximum atomic E-state index is 13.1. The number of nitrogens with zero attached hydrogens (tertiary/aromatic N) is 3. The summed E-state index contributed by atoms with van der Waals surface area (Å²) in [4.78, 5) is 32.0. The summed E-state index contributed by atoms with van der Waals surface area (Å²) in [5.41, 5.74) is 1.12. The van der Waals surface area contributed by atoms with Crippen LogP contribution in [0.15, 0.2) is 53.3 Å². The molecule has 0 atom stereocenters. The number of aromatic hydroxyl groups is 1. The Kier molecular flexibility index (Phi) is 6.18. The van der Waals surface area contributed by atoms with E-state index in [1.165, 1.54) is 35.9 Å². The Hall–Kier alpha value is -3.72. The summed E-state index contributed by atoms with van der Waals surface area (Å²) in [5.74, 6) is -1.54. The van der Waals surface area contributed by atoms with Gasteiger partial charge in [0, 0.05) is 37.9 Å². The highest BCUT2D eigenvalue weighted by molar-refractivity contribution is 5.95. The maximum Gasteiger partial charge on any atom is 0.296 e. The number of benzene rings is 2. The van der Waals surface area contributed by atoms with Gasteiger partial charge < -0.3 is 20.1 Å². The number of hydrogen-bond acceptors (Lipinski definition) is 6. The minimum atomic E-state index is -0.725. The van der Waals surface area contributed by atoms with Crippen LogP contribution in [0.5, 0.6) is 5.75 Å². The highest BCUT2D eigenvalue weighted by atomic mass is 19.1. The van der Waals surface area contributed by atoms with Crippen molar-refractivity contribution in [1.82, 2.24) is 14.9 Å². The lowest BCUT2D eigenvalue weighted by atomic mass is 10.1. The molecule has 3 aromatic rings. The van der Waals surface area contributed by atoms with Crippen LogP contribution < -0.4 is 15.8 Å². The van der Waals surface area contributed by atoms with Crippen molar-refractivity contribution in [3.8, 4) is 17.1 Å². The van der Waals surface area contributed by atoms with Crippen molar-refractivity contribution in [3.05, 3.63) is 76.0 Å².